The van der Waals surface area contributed by atoms with Crippen molar-refractivity contribution in [3.05, 3.63) is 94.0 Å². The van der Waals surface area contributed by atoms with E-state index in [1.807, 2.05) is 50.5 Å². The number of carbonyl (C=O) groups is 1. The largest absolute Gasteiger partial charge is 0.465 e. The van der Waals surface area contributed by atoms with Crippen LogP contribution >= 0.6 is 11.6 Å². The summed E-state index contributed by atoms with van der Waals surface area (Å²) in [5, 5.41) is 0.688. The molecule has 0 aliphatic carbocycles. The van der Waals surface area contributed by atoms with Gasteiger partial charge >= 0.3 is 5.97 Å². The standard InChI is InChI=1S/C28H31ClN2O2/c1-7-21-16-24(29)11-13-27(21)31(5)18-23-15-22(10-8-19(23)2)25-12-9-20(17-30(3)4)14-26(25)28(32)33-6/h7-16H,1,17-18H2,2-6H3. The zero-order valence-electron chi connectivity index (χ0n) is 20.0. The summed E-state index contributed by atoms with van der Waals surface area (Å²) in [4.78, 5) is 16.8. The molecule has 0 aliphatic rings. The van der Waals surface area contributed by atoms with Crippen molar-refractivity contribution in [2.24, 2.45) is 0 Å². The Bertz CT molecular complexity index is 1170. The van der Waals surface area contributed by atoms with Crippen LogP contribution in [0.5, 0.6) is 0 Å². The average Bonchev–Trinajstić information content (AvgIpc) is 2.79. The molecular weight excluding hydrogens is 432 g/mol. The Labute approximate surface area is 202 Å². The van der Waals surface area contributed by atoms with Crippen molar-refractivity contribution in [3.63, 3.8) is 0 Å². The van der Waals surface area contributed by atoms with E-state index in [0.717, 1.165) is 34.5 Å². The molecular formula is C28H31ClN2O2. The van der Waals surface area contributed by atoms with Gasteiger partial charge in [0.05, 0.1) is 12.7 Å². The molecule has 5 heteroatoms. The second-order valence-corrected chi connectivity index (χ2v) is 8.95. The van der Waals surface area contributed by atoms with Gasteiger partial charge in [-0.1, -0.05) is 48.5 Å². The molecule has 0 radical (unpaired) electrons. The first-order chi connectivity index (χ1) is 15.7. The van der Waals surface area contributed by atoms with Crippen LogP contribution in [-0.2, 0) is 17.8 Å². The predicted octanol–water partition coefficient (Wildman–Crippen LogP) is 6.44. The number of esters is 1. The van der Waals surface area contributed by atoms with Gasteiger partial charge in [-0.15, -0.1) is 0 Å². The summed E-state index contributed by atoms with van der Waals surface area (Å²) < 4.78 is 5.09. The number of aryl methyl sites for hydroxylation is 1. The van der Waals surface area contributed by atoms with Crippen LogP contribution in [-0.4, -0.2) is 39.1 Å². The molecule has 0 aromatic heterocycles. The van der Waals surface area contributed by atoms with Crippen LogP contribution in [0.3, 0.4) is 0 Å². The van der Waals surface area contributed by atoms with Crippen molar-refractivity contribution in [2.75, 3.05) is 33.2 Å². The molecule has 3 aromatic rings. The smallest absolute Gasteiger partial charge is 0.338 e. The first-order valence-electron chi connectivity index (χ1n) is 10.8. The van der Waals surface area contributed by atoms with Crippen LogP contribution in [0.1, 0.15) is 32.6 Å². The Balaban J connectivity index is 1.99. The summed E-state index contributed by atoms with van der Waals surface area (Å²) in [7, 11) is 7.49. The lowest BCUT2D eigenvalue weighted by molar-refractivity contribution is 0.0601. The Hall–Kier alpha value is -3.08. The Kier molecular flexibility index (Phi) is 7.96. The Morgan fingerprint density at radius 3 is 2.45 bits per heavy atom. The number of hydrogen-bond donors (Lipinski definition) is 0. The highest BCUT2D eigenvalue weighted by molar-refractivity contribution is 6.30. The van der Waals surface area contributed by atoms with Gasteiger partial charge in [0.1, 0.15) is 0 Å². The first kappa shape index (κ1) is 24.6. The van der Waals surface area contributed by atoms with Gasteiger partial charge < -0.3 is 14.5 Å². The molecule has 0 spiro atoms. The zero-order valence-corrected chi connectivity index (χ0v) is 20.7. The van der Waals surface area contributed by atoms with Gasteiger partial charge in [-0.2, -0.15) is 0 Å². The predicted molar refractivity (Wildman–Crippen MR) is 139 cm³/mol. The molecule has 0 heterocycles. The van der Waals surface area contributed by atoms with Crippen LogP contribution < -0.4 is 4.90 Å². The van der Waals surface area contributed by atoms with Gasteiger partial charge in [0.2, 0.25) is 0 Å². The molecule has 172 valence electrons. The number of hydrogen-bond acceptors (Lipinski definition) is 4. The number of halogens is 1. The third-order valence-electron chi connectivity index (χ3n) is 5.68. The minimum Gasteiger partial charge on any atom is -0.465 e. The van der Waals surface area contributed by atoms with Crippen LogP contribution in [0.25, 0.3) is 17.2 Å². The van der Waals surface area contributed by atoms with Crippen molar-refractivity contribution in [2.45, 2.75) is 20.0 Å². The number of anilines is 1. The van der Waals surface area contributed by atoms with Crippen LogP contribution in [0.4, 0.5) is 5.69 Å². The summed E-state index contributed by atoms with van der Waals surface area (Å²) in [6, 6.07) is 18.1. The van der Waals surface area contributed by atoms with E-state index in [1.165, 1.54) is 18.2 Å². The highest BCUT2D eigenvalue weighted by atomic mass is 35.5. The molecule has 0 N–H and O–H groups in total. The summed E-state index contributed by atoms with van der Waals surface area (Å²) in [6.45, 7) is 7.48. The van der Waals surface area contributed by atoms with Gasteiger partial charge in [0.25, 0.3) is 0 Å². The number of methoxy groups -OCH3 is 1. The number of nitrogens with zero attached hydrogens (tertiary/aromatic N) is 2. The van der Waals surface area contributed by atoms with Gasteiger partial charge in [-0.3, -0.25) is 0 Å². The van der Waals surface area contributed by atoms with Crippen molar-refractivity contribution in [3.8, 4) is 11.1 Å². The topological polar surface area (TPSA) is 32.8 Å². The molecule has 0 saturated carbocycles. The maximum atomic E-state index is 12.6. The van der Waals surface area contributed by atoms with Crippen LogP contribution in [0, 0.1) is 6.92 Å². The number of ether oxygens (including phenoxy) is 1. The number of benzene rings is 3. The summed E-state index contributed by atoms with van der Waals surface area (Å²) in [5.41, 5.74) is 7.90. The average molecular weight is 463 g/mol. The lowest BCUT2D eigenvalue weighted by atomic mass is 9.94. The van der Waals surface area contributed by atoms with E-state index >= 15 is 0 Å². The van der Waals surface area contributed by atoms with E-state index in [2.05, 4.69) is 54.6 Å². The highest BCUT2D eigenvalue weighted by Gasteiger charge is 2.16. The highest BCUT2D eigenvalue weighted by Crippen LogP contribution is 2.30. The summed E-state index contributed by atoms with van der Waals surface area (Å²) in [5.74, 6) is -0.332. The van der Waals surface area contributed by atoms with E-state index < -0.39 is 0 Å². The van der Waals surface area contributed by atoms with Gasteiger partial charge in [-0.25, -0.2) is 4.79 Å². The van der Waals surface area contributed by atoms with E-state index in [4.69, 9.17) is 16.3 Å². The van der Waals surface area contributed by atoms with Gasteiger partial charge in [-0.05, 0) is 84.7 Å². The molecule has 0 atom stereocenters. The lowest BCUT2D eigenvalue weighted by Crippen LogP contribution is -2.18. The zero-order chi connectivity index (χ0) is 24.1. The fourth-order valence-electron chi connectivity index (χ4n) is 3.97. The summed E-state index contributed by atoms with van der Waals surface area (Å²) in [6.07, 6.45) is 1.82. The molecule has 0 saturated heterocycles. The first-order valence-corrected chi connectivity index (χ1v) is 11.2. The molecule has 0 unspecified atom stereocenters. The van der Waals surface area contributed by atoms with Crippen molar-refractivity contribution < 1.29 is 9.53 Å². The molecule has 3 rings (SSSR count). The molecule has 0 bridgehead atoms. The molecule has 0 fully saturated rings. The fourth-order valence-corrected chi connectivity index (χ4v) is 4.15. The molecule has 0 amide bonds. The maximum Gasteiger partial charge on any atom is 0.338 e. The van der Waals surface area contributed by atoms with Crippen molar-refractivity contribution in [1.82, 2.24) is 4.90 Å². The second-order valence-electron chi connectivity index (χ2n) is 8.51. The fraction of sp³-hybridized carbons (Fsp3) is 0.250. The normalized spacial score (nSPS) is 10.9. The van der Waals surface area contributed by atoms with Crippen LogP contribution in [0.2, 0.25) is 5.02 Å². The van der Waals surface area contributed by atoms with E-state index in [9.17, 15) is 4.79 Å². The Morgan fingerprint density at radius 2 is 1.79 bits per heavy atom. The minimum atomic E-state index is -0.332. The molecule has 3 aromatic carbocycles. The third kappa shape index (κ3) is 5.84. The monoisotopic (exact) mass is 462 g/mol. The van der Waals surface area contributed by atoms with Crippen molar-refractivity contribution >= 4 is 29.3 Å². The number of rotatable bonds is 8. The molecule has 33 heavy (non-hydrogen) atoms. The van der Waals surface area contributed by atoms with E-state index in [-0.39, 0.29) is 5.97 Å². The summed E-state index contributed by atoms with van der Waals surface area (Å²) >= 11 is 6.16. The minimum absolute atomic E-state index is 0.332. The SMILES string of the molecule is C=Cc1cc(Cl)ccc1N(C)Cc1cc(-c2ccc(CN(C)C)cc2C(=O)OC)ccc1C. The third-order valence-corrected chi connectivity index (χ3v) is 5.91. The Morgan fingerprint density at radius 1 is 1.03 bits per heavy atom. The van der Waals surface area contributed by atoms with Gasteiger partial charge in [0.15, 0.2) is 0 Å². The molecule has 4 nitrogen and oxygen atoms in total. The maximum absolute atomic E-state index is 12.6. The quantitative estimate of drug-likeness (QED) is 0.360. The van der Waals surface area contributed by atoms with E-state index in [0.29, 0.717) is 17.1 Å². The van der Waals surface area contributed by atoms with Crippen LogP contribution in [0.15, 0.2) is 61.2 Å². The van der Waals surface area contributed by atoms with Crippen molar-refractivity contribution in [1.29, 1.82) is 0 Å². The van der Waals surface area contributed by atoms with E-state index in [1.54, 1.807) is 0 Å². The number of carbonyl (C=O) groups excluding carboxylic acids is 1. The lowest BCUT2D eigenvalue weighted by Gasteiger charge is -2.23. The van der Waals surface area contributed by atoms with Gasteiger partial charge in [0, 0.05) is 30.8 Å². The molecule has 0 aliphatic heterocycles. The second kappa shape index (κ2) is 10.7.